The molecule has 0 aromatic heterocycles. The lowest BCUT2D eigenvalue weighted by Gasteiger charge is -2.32. The summed E-state index contributed by atoms with van der Waals surface area (Å²) in [5.41, 5.74) is -3.93. The number of ether oxygens (including phenoxy) is 2. The first kappa shape index (κ1) is 32.1. The van der Waals surface area contributed by atoms with E-state index in [0.29, 0.717) is 0 Å². The maximum absolute atomic E-state index is 13.5. The van der Waals surface area contributed by atoms with Gasteiger partial charge < -0.3 is 29.3 Å². The van der Waals surface area contributed by atoms with Crippen molar-refractivity contribution >= 4 is 17.6 Å². The molecule has 1 aliphatic heterocycles. The average molecular weight is 596 g/mol. The van der Waals surface area contributed by atoms with Gasteiger partial charge in [-0.3, -0.25) is 10.1 Å². The predicted molar refractivity (Wildman–Crippen MR) is 129 cm³/mol. The van der Waals surface area contributed by atoms with Gasteiger partial charge in [-0.25, -0.2) is 9.59 Å². The zero-order chi connectivity index (χ0) is 31.6. The van der Waals surface area contributed by atoms with E-state index < -0.39 is 86.7 Å². The number of benzene rings is 1. The molecule has 0 saturated carbocycles. The van der Waals surface area contributed by atoms with E-state index in [1.807, 2.05) is 0 Å². The minimum Gasteiger partial charge on any atom is -0.466 e. The van der Waals surface area contributed by atoms with Crippen LogP contribution in [0.4, 0.5) is 5.69 Å². The topological polar surface area (TPSA) is 289 Å². The van der Waals surface area contributed by atoms with Crippen molar-refractivity contribution in [2.24, 2.45) is 5.41 Å². The maximum atomic E-state index is 13.5. The number of nitro groups is 1. The Hall–Kier alpha value is -6.07. The van der Waals surface area contributed by atoms with E-state index in [-0.39, 0.29) is 17.0 Å². The van der Waals surface area contributed by atoms with Crippen LogP contribution in [0.5, 0.6) is 0 Å². The fraction of sp³-hybridized carbons (Fsp3) is 0.381. The maximum Gasteiger partial charge on any atom is 0.337 e. The number of non-ortho nitro benzene ring substituents is 1. The number of allylic oxidation sites excluding steroid dienone is 2. The molecule has 1 atom stereocenters. The molecule has 21 heteroatoms. The molecule has 0 radical (unpaired) electrons. The van der Waals surface area contributed by atoms with E-state index in [4.69, 9.17) is 9.47 Å². The summed E-state index contributed by atoms with van der Waals surface area (Å²) in [4.78, 5) is 82.0. The van der Waals surface area contributed by atoms with Gasteiger partial charge in [-0.2, -0.15) is 5.26 Å². The van der Waals surface area contributed by atoms with Crippen molar-refractivity contribution < 1.29 is 53.8 Å². The van der Waals surface area contributed by atoms with Crippen LogP contribution in [0.15, 0.2) is 46.8 Å². The normalized spacial score (nSPS) is 14.5. The molecule has 42 heavy (non-hydrogen) atoms. The highest BCUT2D eigenvalue weighted by Crippen LogP contribution is 2.40. The highest BCUT2D eigenvalue weighted by Gasteiger charge is 2.42. The van der Waals surface area contributed by atoms with Crippen LogP contribution in [0.3, 0.4) is 0 Å². The van der Waals surface area contributed by atoms with Crippen molar-refractivity contribution in [3.63, 3.8) is 0 Å². The number of nitro benzene ring substituents is 1. The lowest BCUT2D eigenvalue weighted by Crippen LogP contribution is -2.44. The van der Waals surface area contributed by atoms with Crippen molar-refractivity contribution in [1.29, 1.82) is 5.26 Å². The zero-order valence-corrected chi connectivity index (χ0v) is 21.6. The van der Waals surface area contributed by atoms with Gasteiger partial charge in [-0.15, -0.1) is 30.3 Å². The van der Waals surface area contributed by atoms with E-state index in [0.717, 1.165) is 19.2 Å². The first-order valence-electron chi connectivity index (χ1n) is 11.2. The van der Waals surface area contributed by atoms with Crippen molar-refractivity contribution in [2.75, 3.05) is 33.5 Å². The summed E-state index contributed by atoms with van der Waals surface area (Å²) in [6.07, 6.45) is 0. The van der Waals surface area contributed by atoms with Gasteiger partial charge in [0, 0.05) is 17.8 Å². The summed E-state index contributed by atoms with van der Waals surface area (Å²) < 4.78 is 9.99. The fourth-order valence-corrected chi connectivity index (χ4v) is 3.78. The van der Waals surface area contributed by atoms with Crippen LogP contribution in [0.25, 0.3) is 0 Å². The van der Waals surface area contributed by atoms with Gasteiger partial charge in [0.25, 0.3) is 20.9 Å². The molecule has 1 aliphatic rings. The van der Waals surface area contributed by atoms with E-state index >= 15 is 0 Å². The molecule has 21 nitrogen and oxygen atoms in total. The third-order valence-electron chi connectivity index (χ3n) is 5.65. The van der Waals surface area contributed by atoms with Crippen molar-refractivity contribution in [1.82, 2.24) is 5.32 Å². The molecule has 0 spiro atoms. The molecule has 1 heterocycles. The Balaban J connectivity index is 2.60. The Morgan fingerprint density at radius 1 is 0.929 bits per heavy atom. The molecular weight excluding hydrogens is 576 g/mol. The molecule has 1 unspecified atom stereocenters. The zero-order valence-electron chi connectivity index (χ0n) is 21.6. The number of hydrogen-bond acceptors (Lipinski definition) is 17. The summed E-state index contributed by atoms with van der Waals surface area (Å²) in [7, 11) is 0.978. The highest BCUT2D eigenvalue weighted by molar-refractivity contribution is 6.00. The Morgan fingerprint density at radius 2 is 1.48 bits per heavy atom. The Bertz CT molecular complexity index is 1350. The number of dihydropyridines is 1. The van der Waals surface area contributed by atoms with Crippen LogP contribution in [0, 0.1) is 57.2 Å². The lowest BCUT2D eigenvalue weighted by molar-refractivity contribution is -0.782. The number of carbonyl (C=O) groups is 2. The largest absolute Gasteiger partial charge is 0.466 e. The Morgan fingerprint density at radius 3 is 1.93 bits per heavy atom. The van der Waals surface area contributed by atoms with Crippen molar-refractivity contribution in [3.8, 4) is 6.07 Å². The van der Waals surface area contributed by atoms with Gasteiger partial charge in [0.1, 0.15) is 38.2 Å². The fourth-order valence-electron chi connectivity index (χ4n) is 3.78. The molecule has 2 rings (SSSR count). The predicted octanol–water partition coefficient (Wildman–Crippen LogP) is 0.661. The molecule has 1 aromatic rings. The molecule has 0 aliphatic carbocycles. The molecule has 0 amide bonds. The summed E-state index contributed by atoms with van der Waals surface area (Å²) in [5, 5.41) is 52.0. The van der Waals surface area contributed by atoms with Gasteiger partial charge in [0.15, 0.2) is 0 Å². The minimum atomic E-state index is -2.20. The molecule has 0 saturated heterocycles. The molecule has 0 bridgehead atoms. The van der Waals surface area contributed by atoms with Gasteiger partial charge in [-0.05, 0) is 12.5 Å². The number of esters is 2. The van der Waals surface area contributed by atoms with Gasteiger partial charge >= 0.3 is 11.9 Å². The number of methoxy groups -OCH3 is 1. The number of hydrogen-bond donors (Lipinski definition) is 1. The number of carbonyl (C=O) groups excluding carboxylic acids is 2. The summed E-state index contributed by atoms with van der Waals surface area (Å²) in [6, 6.07) is 6.45. The average Bonchev–Trinajstić information content (AvgIpc) is 2.94. The summed E-state index contributed by atoms with van der Waals surface area (Å²) >= 11 is 0. The van der Waals surface area contributed by atoms with E-state index in [9.17, 15) is 55.3 Å². The molecule has 224 valence electrons. The minimum absolute atomic E-state index is 0.0264. The summed E-state index contributed by atoms with van der Waals surface area (Å²) in [5.74, 6) is -3.90. The monoisotopic (exact) mass is 596 g/mol. The molecule has 1 aromatic carbocycles. The number of rotatable bonds is 15. The second-order valence-corrected chi connectivity index (χ2v) is 8.41. The Labute approximate surface area is 233 Å². The molecular formula is C21H20N6O15. The Kier molecular flexibility index (Phi) is 10.6. The second-order valence-electron chi connectivity index (χ2n) is 8.41. The second kappa shape index (κ2) is 13.8. The van der Waals surface area contributed by atoms with E-state index in [1.54, 1.807) is 6.07 Å². The van der Waals surface area contributed by atoms with Crippen LogP contribution >= 0.6 is 0 Å². The number of nitrogens with zero attached hydrogens (tertiary/aromatic N) is 5. The van der Waals surface area contributed by atoms with E-state index in [2.05, 4.69) is 19.8 Å². The SMILES string of the molecule is COC(=O)C1=C(C#N)NC(C)=C(C(=O)OCC(CO[N+](=O)[O-])(CO[N+](=O)[O-])CO[N+](=O)[O-])C1c1cccc([N+](=O)[O-])c1. The van der Waals surface area contributed by atoms with Crippen molar-refractivity contribution in [3.05, 3.63) is 92.8 Å². The lowest BCUT2D eigenvalue weighted by atomic mass is 9.80. The molecule has 0 fully saturated rings. The number of nitriles is 1. The van der Waals surface area contributed by atoms with Crippen LogP contribution in [0.2, 0.25) is 0 Å². The first-order valence-corrected chi connectivity index (χ1v) is 11.2. The van der Waals surface area contributed by atoms with Crippen LogP contribution in [-0.2, 0) is 33.6 Å². The smallest absolute Gasteiger partial charge is 0.337 e. The van der Waals surface area contributed by atoms with Crippen LogP contribution in [0.1, 0.15) is 18.4 Å². The van der Waals surface area contributed by atoms with E-state index in [1.165, 1.54) is 19.1 Å². The van der Waals surface area contributed by atoms with Gasteiger partial charge in [-0.1, -0.05) is 12.1 Å². The quantitative estimate of drug-likeness (QED) is 0.165. The van der Waals surface area contributed by atoms with Gasteiger partial charge in [0.05, 0.1) is 34.5 Å². The highest BCUT2D eigenvalue weighted by atomic mass is 17.0. The first-order chi connectivity index (χ1) is 19.7. The van der Waals surface area contributed by atoms with Crippen molar-refractivity contribution in [2.45, 2.75) is 12.8 Å². The van der Waals surface area contributed by atoms with Crippen LogP contribution < -0.4 is 5.32 Å². The van der Waals surface area contributed by atoms with Gasteiger partial charge in [0.2, 0.25) is 0 Å². The third kappa shape index (κ3) is 7.97. The standard InChI is InChI=1S/C21H20N6O15/c1-12-16(20(29)39-8-21(9-40-25(32)33,10-41-26(34)35)11-42-27(36)37)17(13-4-3-5-14(6-13)24(30)31)18(19(28)38-2)15(7-22)23-12/h3-6,17,23H,8-11H2,1-2H3. The van der Waals surface area contributed by atoms with Crippen LogP contribution in [-0.4, -0.2) is 65.7 Å². The molecule has 1 N–H and O–H groups in total. The number of nitrogens with one attached hydrogen (secondary N) is 1. The third-order valence-corrected chi connectivity index (χ3v) is 5.65. The summed E-state index contributed by atoms with van der Waals surface area (Å²) in [6.45, 7) is -3.17.